The molecule has 0 radical (unpaired) electrons. The van der Waals surface area contributed by atoms with Gasteiger partial charge in [-0.05, 0) is 37.6 Å². The molecule has 1 heterocycles. The molecule has 0 bridgehead atoms. The predicted octanol–water partition coefficient (Wildman–Crippen LogP) is 3.01. The number of amides is 1. The van der Waals surface area contributed by atoms with Crippen LogP contribution in [0.15, 0.2) is 48.5 Å². The number of anilines is 1. The van der Waals surface area contributed by atoms with Gasteiger partial charge in [0, 0.05) is 37.8 Å². The Labute approximate surface area is 155 Å². The maximum absolute atomic E-state index is 12.7. The Kier molecular flexibility index (Phi) is 5.78. The highest BCUT2D eigenvalue weighted by Gasteiger charge is 2.23. The lowest BCUT2D eigenvalue weighted by molar-refractivity contribution is 0.0595. The largest absolute Gasteiger partial charge is 0.487 e. The number of carbonyl (C=O) groups is 1. The van der Waals surface area contributed by atoms with Gasteiger partial charge in [-0.3, -0.25) is 9.69 Å². The van der Waals surface area contributed by atoms with E-state index in [1.807, 2.05) is 35.2 Å². The second-order valence-electron chi connectivity index (χ2n) is 6.95. The third-order valence-corrected chi connectivity index (χ3v) is 4.83. The van der Waals surface area contributed by atoms with Crippen LogP contribution in [0, 0.1) is 0 Å². The minimum absolute atomic E-state index is 0.0368. The van der Waals surface area contributed by atoms with Gasteiger partial charge >= 0.3 is 0 Å². The van der Waals surface area contributed by atoms with E-state index in [0.717, 1.165) is 31.7 Å². The minimum atomic E-state index is 0.0368. The highest BCUT2D eigenvalue weighted by Crippen LogP contribution is 2.24. The monoisotopic (exact) mass is 353 g/mol. The molecule has 0 aliphatic carbocycles. The zero-order chi connectivity index (χ0) is 18.5. The summed E-state index contributed by atoms with van der Waals surface area (Å²) < 4.78 is 5.79. The Balaban J connectivity index is 1.61. The van der Waals surface area contributed by atoms with Crippen LogP contribution in [0.1, 0.15) is 29.8 Å². The SMILES string of the molecule is CC(C)N1CCN(C(=O)c2ccc(OCc3ccccc3)c(N)c2)CC1. The van der Waals surface area contributed by atoms with Gasteiger partial charge in [-0.15, -0.1) is 0 Å². The smallest absolute Gasteiger partial charge is 0.254 e. The minimum Gasteiger partial charge on any atom is -0.487 e. The van der Waals surface area contributed by atoms with Gasteiger partial charge in [0.15, 0.2) is 0 Å². The van der Waals surface area contributed by atoms with Crippen LogP contribution in [-0.2, 0) is 6.61 Å². The van der Waals surface area contributed by atoms with Gasteiger partial charge in [0.1, 0.15) is 12.4 Å². The van der Waals surface area contributed by atoms with Gasteiger partial charge in [-0.2, -0.15) is 0 Å². The first-order valence-electron chi connectivity index (χ1n) is 9.14. The molecule has 5 heteroatoms. The Morgan fingerprint density at radius 2 is 1.77 bits per heavy atom. The number of piperazine rings is 1. The topological polar surface area (TPSA) is 58.8 Å². The summed E-state index contributed by atoms with van der Waals surface area (Å²) in [6, 6.07) is 15.8. The van der Waals surface area contributed by atoms with Crippen molar-refractivity contribution in [2.75, 3.05) is 31.9 Å². The van der Waals surface area contributed by atoms with Crippen molar-refractivity contribution in [3.63, 3.8) is 0 Å². The van der Waals surface area contributed by atoms with Crippen molar-refractivity contribution >= 4 is 11.6 Å². The van der Waals surface area contributed by atoms with Gasteiger partial charge in [0.2, 0.25) is 0 Å². The number of carbonyl (C=O) groups excluding carboxylic acids is 1. The lowest BCUT2D eigenvalue weighted by atomic mass is 10.1. The summed E-state index contributed by atoms with van der Waals surface area (Å²) in [7, 11) is 0. The maximum Gasteiger partial charge on any atom is 0.254 e. The summed E-state index contributed by atoms with van der Waals surface area (Å²) in [6.45, 7) is 8.16. The quantitative estimate of drug-likeness (QED) is 0.840. The van der Waals surface area contributed by atoms with E-state index >= 15 is 0 Å². The molecule has 0 aromatic heterocycles. The first-order chi connectivity index (χ1) is 12.5. The zero-order valence-electron chi connectivity index (χ0n) is 15.5. The summed E-state index contributed by atoms with van der Waals surface area (Å²) in [5.41, 5.74) is 8.30. The van der Waals surface area contributed by atoms with Crippen LogP contribution in [0.25, 0.3) is 0 Å². The van der Waals surface area contributed by atoms with Crippen LogP contribution < -0.4 is 10.5 Å². The van der Waals surface area contributed by atoms with Gasteiger partial charge in [-0.25, -0.2) is 0 Å². The highest BCUT2D eigenvalue weighted by atomic mass is 16.5. The van der Waals surface area contributed by atoms with Gasteiger partial charge in [0.05, 0.1) is 5.69 Å². The average molecular weight is 353 g/mol. The number of hydrogen-bond donors (Lipinski definition) is 1. The molecule has 1 aliphatic heterocycles. The van der Waals surface area contributed by atoms with Crippen molar-refractivity contribution in [1.29, 1.82) is 0 Å². The van der Waals surface area contributed by atoms with Crippen molar-refractivity contribution in [1.82, 2.24) is 9.80 Å². The van der Waals surface area contributed by atoms with E-state index < -0.39 is 0 Å². The maximum atomic E-state index is 12.7. The Bertz CT molecular complexity index is 738. The van der Waals surface area contributed by atoms with E-state index in [1.165, 1.54) is 0 Å². The normalized spacial score (nSPS) is 15.3. The molecule has 1 amide bonds. The van der Waals surface area contributed by atoms with Crippen molar-refractivity contribution in [3.8, 4) is 5.75 Å². The first kappa shape index (κ1) is 18.3. The first-order valence-corrected chi connectivity index (χ1v) is 9.14. The molecule has 1 aliphatic rings. The van der Waals surface area contributed by atoms with E-state index in [-0.39, 0.29) is 5.91 Å². The molecule has 3 rings (SSSR count). The fourth-order valence-corrected chi connectivity index (χ4v) is 3.17. The average Bonchev–Trinajstić information content (AvgIpc) is 2.67. The van der Waals surface area contributed by atoms with E-state index in [4.69, 9.17) is 10.5 Å². The lowest BCUT2D eigenvalue weighted by Gasteiger charge is -2.37. The molecular weight excluding hydrogens is 326 g/mol. The summed E-state index contributed by atoms with van der Waals surface area (Å²) in [6.07, 6.45) is 0. The van der Waals surface area contributed by atoms with Crippen molar-refractivity contribution in [2.24, 2.45) is 0 Å². The van der Waals surface area contributed by atoms with Gasteiger partial charge < -0.3 is 15.4 Å². The van der Waals surface area contributed by atoms with Crippen LogP contribution >= 0.6 is 0 Å². The van der Waals surface area contributed by atoms with Crippen molar-refractivity contribution in [3.05, 3.63) is 59.7 Å². The van der Waals surface area contributed by atoms with Crippen LogP contribution in [0.4, 0.5) is 5.69 Å². The summed E-state index contributed by atoms with van der Waals surface area (Å²) >= 11 is 0. The van der Waals surface area contributed by atoms with Crippen molar-refractivity contribution < 1.29 is 9.53 Å². The molecule has 138 valence electrons. The highest BCUT2D eigenvalue weighted by molar-refractivity contribution is 5.95. The number of rotatable bonds is 5. The molecule has 0 atom stereocenters. The van der Waals surface area contributed by atoms with E-state index in [1.54, 1.807) is 18.2 Å². The third kappa shape index (κ3) is 4.35. The summed E-state index contributed by atoms with van der Waals surface area (Å²) in [5, 5.41) is 0. The van der Waals surface area contributed by atoms with Crippen LogP contribution in [0.2, 0.25) is 0 Å². The van der Waals surface area contributed by atoms with E-state index in [2.05, 4.69) is 18.7 Å². The molecule has 2 aromatic carbocycles. The molecule has 5 nitrogen and oxygen atoms in total. The molecule has 1 saturated heterocycles. The summed E-state index contributed by atoms with van der Waals surface area (Å²) in [5.74, 6) is 0.643. The number of nitrogens with two attached hydrogens (primary N) is 1. The van der Waals surface area contributed by atoms with Gasteiger partial charge in [-0.1, -0.05) is 30.3 Å². The van der Waals surface area contributed by atoms with Crippen LogP contribution in [-0.4, -0.2) is 47.9 Å². The molecular formula is C21H27N3O2. The molecule has 0 spiro atoms. The molecule has 0 saturated carbocycles. The Morgan fingerprint density at radius 1 is 1.08 bits per heavy atom. The molecule has 1 fully saturated rings. The zero-order valence-corrected chi connectivity index (χ0v) is 15.5. The molecule has 2 aromatic rings. The standard InChI is InChI=1S/C21H27N3O2/c1-16(2)23-10-12-24(13-11-23)21(25)18-8-9-20(19(22)14-18)26-15-17-6-4-3-5-7-17/h3-9,14,16H,10-13,15,22H2,1-2H3. The van der Waals surface area contributed by atoms with E-state index in [0.29, 0.717) is 29.6 Å². The fraction of sp³-hybridized carbons (Fsp3) is 0.381. The lowest BCUT2D eigenvalue weighted by Crippen LogP contribution is -2.50. The van der Waals surface area contributed by atoms with E-state index in [9.17, 15) is 4.79 Å². The summed E-state index contributed by atoms with van der Waals surface area (Å²) in [4.78, 5) is 17.0. The second-order valence-corrected chi connectivity index (χ2v) is 6.95. The molecule has 2 N–H and O–H groups in total. The predicted molar refractivity (Wildman–Crippen MR) is 104 cm³/mol. The Morgan fingerprint density at radius 3 is 2.38 bits per heavy atom. The third-order valence-electron chi connectivity index (χ3n) is 4.83. The van der Waals surface area contributed by atoms with Crippen LogP contribution in [0.3, 0.4) is 0 Å². The number of nitrogen functional groups attached to an aromatic ring is 1. The Hall–Kier alpha value is -2.53. The number of nitrogens with zero attached hydrogens (tertiary/aromatic N) is 2. The van der Waals surface area contributed by atoms with Crippen molar-refractivity contribution in [2.45, 2.75) is 26.5 Å². The number of hydrogen-bond acceptors (Lipinski definition) is 4. The number of benzene rings is 2. The van der Waals surface area contributed by atoms with Gasteiger partial charge in [0.25, 0.3) is 5.91 Å². The molecule has 0 unspecified atom stereocenters. The van der Waals surface area contributed by atoms with Crippen LogP contribution in [0.5, 0.6) is 5.75 Å². The second kappa shape index (κ2) is 8.23. The number of ether oxygens (including phenoxy) is 1. The fourth-order valence-electron chi connectivity index (χ4n) is 3.17. The molecule has 26 heavy (non-hydrogen) atoms.